The van der Waals surface area contributed by atoms with Crippen LogP contribution in [0, 0.1) is 6.92 Å². The third-order valence-electron chi connectivity index (χ3n) is 2.35. The molecule has 1 heterocycles. The van der Waals surface area contributed by atoms with Crippen molar-refractivity contribution in [3.05, 3.63) is 34.4 Å². The predicted octanol–water partition coefficient (Wildman–Crippen LogP) is 2.74. The lowest BCUT2D eigenvalue weighted by Gasteiger charge is -2.04. The van der Waals surface area contributed by atoms with Gasteiger partial charge in [-0.25, -0.2) is 0 Å². The maximum absolute atomic E-state index is 5.85. The van der Waals surface area contributed by atoms with Gasteiger partial charge in [0.05, 0.1) is 0 Å². The van der Waals surface area contributed by atoms with Crippen molar-refractivity contribution in [3.63, 3.8) is 0 Å². The van der Waals surface area contributed by atoms with Crippen molar-refractivity contribution < 1.29 is 0 Å². The summed E-state index contributed by atoms with van der Waals surface area (Å²) in [7, 11) is 1.87. The van der Waals surface area contributed by atoms with Crippen LogP contribution in [-0.4, -0.2) is 9.78 Å². The molecule has 2 N–H and O–H groups in total. The summed E-state index contributed by atoms with van der Waals surface area (Å²) < 4.78 is 2.77. The summed E-state index contributed by atoms with van der Waals surface area (Å²) in [6.07, 6.45) is 1.93. The van der Waals surface area contributed by atoms with Crippen LogP contribution < -0.4 is 5.73 Å². The van der Waals surface area contributed by atoms with Gasteiger partial charge >= 0.3 is 0 Å². The molecule has 0 unspecified atom stereocenters. The van der Waals surface area contributed by atoms with Crippen LogP contribution in [0.4, 0.5) is 5.82 Å². The molecule has 2 rings (SSSR count). The van der Waals surface area contributed by atoms with Crippen LogP contribution in [0.5, 0.6) is 0 Å². The number of aryl methyl sites for hydroxylation is 2. The number of halogens is 1. The molecule has 1 aromatic heterocycles. The van der Waals surface area contributed by atoms with Crippen LogP contribution in [0.15, 0.2) is 28.9 Å². The smallest absolute Gasteiger partial charge is 0.153 e. The van der Waals surface area contributed by atoms with Gasteiger partial charge in [-0.3, -0.25) is 4.68 Å². The number of nitrogens with two attached hydrogens (primary N) is 1. The van der Waals surface area contributed by atoms with E-state index >= 15 is 0 Å². The summed E-state index contributed by atoms with van der Waals surface area (Å²) in [5, 5.41) is 4.14. The summed E-state index contributed by atoms with van der Waals surface area (Å²) in [6.45, 7) is 2.06. The zero-order valence-corrected chi connectivity index (χ0v) is 10.2. The van der Waals surface area contributed by atoms with Crippen molar-refractivity contribution in [3.8, 4) is 11.1 Å². The van der Waals surface area contributed by atoms with Gasteiger partial charge in [0.2, 0.25) is 0 Å². The van der Waals surface area contributed by atoms with Crippen LogP contribution in [-0.2, 0) is 7.05 Å². The molecule has 0 spiro atoms. The summed E-state index contributed by atoms with van der Waals surface area (Å²) in [4.78, 5) is 0. The number of anilines is 1. The maximum atomic E-state index is 5.85. The number of nitrogen functional groups attached to an aromatic ring is 1. The lowest BCUT2D eigenvalue weighted by Crippen LogP contribution is -1.91. The summed E-state index contributed by atoms with van der Waals surface area (Å²) >= 11 is 3.46. The van der Waals surface area contributed by atoms with Gasteiger partial charge in [0, 0.05) is 23.3 Å². The molecule has 0 aliphatic heterocycles. The largest absolute Gasteiger partial charge is 0.382 e. The fourth-order valence-corrected chi connectivity index (χ4v) is 1.96. The standard InChI is InChI=1S/C11H12BrN3/c1-7-3-4-8(12)5-9(7)10-6-15(2)14-11(10)13/h3-6H,1-2H3,(H2,13,14). The molecular weight excluding hydrogens is 254 g/mol. The summed E-state index contributed by atoms with van der Waals surface area (Å²) in [5.74, 6) is 0.568. The van der Waals surface area contributed by atoms with E-state index in [4.69, 9.17) is 5.73 Å². The predicted molar refractivity (Wildman–Crippen MR) is 65.5 cm³/mol. The van der Waals surface area contributed by atoms with E-state index in [2.05, 4.69) is 40.1 Å². The highest BCUT2D eigenvalue weighted by Crippen LogP contribution is 2.29. The lowest BCUT2D eigenvalue weighted by molar-refractivity contribution is 0.772. The summed E-state index contributed by atoms with van der Waals surface area (Å²) in [5.41, 5.74) is 9.14. The van der Waals surface area contributed by atoms with Crippen LogP contribution in [0.25, 0.3) is 11.1 Å². The monoisotopic (exact) mass is 265 g/mol. The highest BCUT2D eigenvalue weighted by atomic mass is 79.9. The molecule has 15 heavy (non-hydrogen) atoms. The second-order valence-electron chi connectivity index (χ2n) is 3.56. The van der Waals surface area contributed by atoms with Crippen molar-refractivity contribution >= 4 is 21.7 Å². The number of benzene rings is 1. The van der Waals surface area contributed by atoms with Gasteiger partial charge in [-0.05, 0) is 30.2 Å². The average Bonchev–Trinajstić information content (AvgIpc) is 2.50. The fourth-order valence-electron chi connectivity index (χ4n) is 1.60. The van der Waals surface area contributed by atoms with Crippen molar-refractivity contribution in [2.75, 3.05) is 5.73 Å². The molecule has 0 bridgehead atoms. The van der Waals surface area contributed by atoms with E-state index < -0.39 is 0 Å². The molecule has 78 valence electrons. The van der Waals surface area contributed by atoms with Crippen molar-refractivity contribution in [2.45, 2.75) is 6.92 Å². The van der Waals surface area contributed by atoms with Gasteiger partial charge in [-0.1, -0.05) is 22.0 Å². The Hall–Kier alpha value is -1.29. The zero-order valence-electron chi connectivity index (χ0n) is 8.66. The minimum atomic E-state index is 0.568. The normalized spacial score (nSPS) is 10.6. The minimum Gasteiger partial charge on any atom is -0.382 e. The maximum Gasteiger partial charge on any atom is 0.153 e. The molecule has 0 saturated carbocycles. The number of nitrogens with zero attached hydrogens (tertiary/aromatic N) is 2. The molecule has 1 aromatic carbocycles. The average molecular weight is 266 g/mol. The first-order chi connectivity index (χ1) is 7.08. The first kappa shape index (κ1) is 10.2. The Morgan fingerprint density at radius 2 is 2.07 bits per heavy atom. The number of aromatic nitrogens is 2. The molecular formula is C11H12BrN3. The van der Waals surface area contributed by atoms with Gasteiger partial charge < -0.3 is 5.73 Å². The Labute approximate surface area is 97.0 Å². The van der Waals surface area contributed by atoms with E-state index in [1.165, 1.54) is 5.56 Å². The third-order valence-corrected chi connectivity index (χ3v) is 2.84. The van der Waals surface area contributed by atoms with Gasteiger partial charge in [0.1, 0.15) is 0 Å². The minimum absolute atomic E-state index is 0.568. The molecule has 0 aliphatic rings. The molecule has 0 radical (unpaired) electrons. The third kappa shape index (κ3) is 1.90. The zero-order chi connectivity index (χ0) is 11.0. The first-order valence-corrected chi connectivity index (χ1v) is 5.43. The lowest BCUT2D eigenvalue weighted by atomic mass is 10.0. The SMILES string of the molecule is Cc1ccc(Br)cc1-c1cn(C)nc1N. The number of hydrogen-bond donors (Lipinski definition) is 1. The molecule has 4 heteroatoms. The fraction of sp³-hybridized carbons (Fsp3) is 0.182. The van der Waals surface area contributed by atoms with Gasteiger partial charge in [0.15, 0.2) is 5.82 Å². The number of rotatable bonds is 1. The summed E-state index contributed by atoms with van der Waals surface area (Å²) in [6, 6.07) is 6.14. The van der Waals surface area contributed by atoms with E-state index in [1.54, 1.807) is 4.68 Å². The Balaban J connectivity index is 2.62. The molecule has 0 fully saturated rings. The van der Waals surface area contributed by atoms with E-state index in [1.807, 2.05) is 19.3 Å². The van der Waals surface area contributed by atoms with Crippen molar-refractivity contribution in [2.24, 2.45) is 7.05 Å². The quantitative estimate of drug-likeness (QED) is 0.862. The van der Waals surface area contributed by atoms with Gasteiger partial charge in [-0.15, -0.1) is 0 Å². The van der Waals surface area contributed by atoms with Crippen LogP contribution >= 0.6 is 15.9 Å². The first-order valence-electron chi connectivity index (χ1n) is 4.63. The van der Waals surface area contributed by atoms with Crippen molar-refractivity contribution in [1.29, 1.82) is 0 Å². The van der Waals surface area contributed by atoms with E-state index in [0.29, 0.717) is 5.82 Å². The van der Waals surface area contributed by atoms with Crippen LogP contribution in [0.1, 0.15) is 5.56 Å². The highest BCUT2D eigenvalue weighted by Gasteiger charge is 2.09. The number of hydrogen-bond acceptors (Lipinski definition) is 2. The van der Waals surface area contributed by atoms with Crippen LogP contribution in [0.2, 0.25) is 0 Å². The second kappa shape index (κ2) is 3.70. The van der Waals surface area contributed by atoms with E-state index in [0.717, 1.165) is 15.6 Å². The molecule has 0 aliphatic carbocycles. The van der Waals surface area contributed by atoms with E-state index in [9.17, 15) is 0 Å². The Morgan fingerprint density at radius 1 is 1.33 bits per heavy atom. The molecule has 0 atom stereocenters. The van der Waals surface area contributed by atoms with Crippen molar-refractivity contribution in [1.82, 2.24) is 9.78 Å². The molecule has 3 nitrogen and oxygen atoms in total. The Kier molecular flexibility index (Phi) is 2.52. The molecule has 0 saturated heterocycles. The Bertz CT molecular complexity index is 503. The van der Waals surface area contributed by atoms with Gasteiger partial charge in [0.25, 0.3) is 0 Å². The molecule has 0 amide bonds. The highest BCUT2D eigenvalue weighted by molar-refractivity contribution is 9.10. The molecule has 2 aromatic rings. The Morgan fingerprint density at radius 3 is 2.67 bits per heavy atom. The second-order valence-corrected chi connectivity index (χ2v) is 4.48. The topological polar surface area (TPSA) is 43.8 Å². The van der Waals surface area contributed by atoms with E-state index in [-0.39, 0.29) is 0 Å². The van der Waals surface area contributed by atoms with Gasteiger partial charge in [-0.2, -0.15) is 5.10 Å². The van der Waals surface area contributed by atoms with Crippen LogP contribution in [0.3, 0.4) is 0 Å².